The molecule has 1 atom stereocenters. The molecule has 3 N–H and O–H groups in total. The molecule has 0 aromatic rings. The average Bonchev–Trinajstić information content (AvgIpc) is 3.25. The maximum absolute atomic E-state index is 12.1. The van der Waals surface area contributed by atoms with Crippen LogP contribution in [0.25, 0.3) is 0 Å². The Labute approximate surface area is 122 Å². The van der Waals surface area contributed by atoms with Crippen molar-refractivity contribution in [2.45, 2.75) is 51.1 Å². The van der Waals surface area contributed by atoms with Crippen molar-refractivity contribution >= 4 is 5.91 Å². The number of carbonyl (C=O) groups is 1. The van der Waals surface area contributed by atoms with Crippen LogP contribution in [0, 0.1) is 0 Å². The summed E-state index contributed by atoms with van der Waals surface area (Å²) in [7, 11) is 0. The summed E-state index contributed by atoms with van der Waals surface area (Å²) in [5.41, 5.74) is 5.54. The third kappa shape index (κ3) is 5.04. The Morgan fingerprint density at radius 1 is 1.25 bits per heavy atom. The van der Waals surface area contributed by atoms with Gasteiger partial charge in [-0.05, 0) is 58.7 Å². The first-order chi connectivity index (χ1) is 9.70. The van der Waals surface area contributed by atoms with Crippen molar-refractivity contribution in [1.29, 1.82) is 0 Å². The lowest BCUT2D eigenvalue weighted by molar-refractivity contribution is -0.126. The molecule has 20 heavy (non-hydrogen) atoms. The number of unbranched alkanes of at least 4 members (excludes halogenated alkanes) is 1. The standard InChI is InChI=1S/C15H30N4O/c1-13(15(20)17-14-5-6-14)19-10-4-9-18(11-12-19)8-3-2-7-16/h13-14H,2-12,16H2,1H3,(H,17,20). The quantitative estimate of drug-likeness (QED) is 0.664. The molecule has 1 heterocycles. The van der Waals surface area contributed by atoms with Crippen molar-refractivity contribution in [3.63, 3.8) is 0 Å². The predicted octanol–water partition coefficient (Wildman–Crippen LogP) is 0.400. The average molecular weight is 282 g/mol. The van der Waals surface area contributed by atoms with Gasteiger partial charge in [0, 0.05) is 25.7 Å². The highest BCUT2D eigenvalue weighted by molar-refractivity contribution is 5.81. The second-order valence-electron chi connectivity index (χ2n) is 6.19. The number of carbonyl (C=O) groups excluding carboxylic acids is 1. The first-order valence-electron chi connectivity index (χ1n) is 8.17. The number of nitrogens with one attached hydrogen (secondary N) is 1. The van der Waals surface area contributed by atoms with Crippen LogP contribution < -0.4 is 11.1 Å². The number of nitrogens with two attached hydrogens (primary N) is 1. The van der Waals surface area contributed by atoms with Crippen molar-refractivity contribution in [2.75, 3.05) is 39.3 Å². The number of amides is 1. The van der Waals surface area contributed by atoms with Crippen LogP contribution in [0.4, 0.5) is 0 Å². The Hall–Kier alpha value is -0.650. The predicted molar refractivity (Wildman–Crippen MR) is 81.5 cm³/mol. The van der Waals surface area contributed by atoms with Crippen LogP contribution in [0.15, 0.2) is 0 Å². The summed E-state index contributed by atoms with van der Waals surface area (Å²) < 4.78 is 0. The summed E-state index contributed by atoms with van der Waals surface area (Å²) in [6, 6.07) is 0.476. The van der Waals surface area contributed by atoms with Gasteiger partial charge >= 0.3 is 0 Å². The molecule has 1 saturated carbocycles. The fraction of sp³-hybridized carbons (Fsp3) is 0.933. The Kier molecular flexibility index (Phi) is 6.26. The third-order valence-corrected chi connectivity index (χ3v) is 4.40. The SMILES string of the molecule is CC(C(=O)NC1CC1)N1CCCN(CCCCN)CC1. The zero-order chi connectivity index (χ0) is 14.4. The molecule has 0 radical (unpaired) electrons. The zero-order valence-electron chi connectivity index (χ0n) is 12.8. The minimum absolute atomic E-state index is 0.0135. The van der Waals surface area contributed by atoms with Gasteiger partial charge in [0.15, 0.2) is 0 Å². The number of hydrogen-bond donors (Lipinski definition) is 2. The molecule has 0 bridgehead atoms. The second-order valence-corrected chi connectivity index (χ2v) is 6.19. The first-order valence-corrected chi connectivity index (χ1v) is 8.17. The molecule has 2 rings (SSSR count). The van der Waals surface area contributed by atoms with Crippen molar-refractivity contribution < 1.29 is 4.79 Å². The van der Waals surface area contributed by atoms with Crippen LogP contribution in [-0.2, 0) is 4.79 Å². The molecular formula is C15H30N4O. The van der Waals surface area contributed by atoms with Crippen molar-refractivity contribution in [2.24, 2.45) is 5.73 Å². The summed E-state index contributed by atoms with van der Waals surface area (Å²) in [4.78, 5) is 17.0. The summed E-state index contributed by atoms with van der Waals surface area (Å²) in [6.45, 7) is 8.24. The third-order valence-electron chi connectivity index (χ3n) is 4.40. The van der Waals surface area contributed by atoms with Gasteiger partial charge in [0.1, 0.15) is 0 Å². The van der Waals surface area contributed by atoms with E-state index in [1.165, 1.54) is 6.42 Å². The molecule has 5 heteroatoms. The van der Waals surface area contributed by atoms with E-state index in [-0.39, 0.29) is 11.9 Å². The Morgan fingerprint density at radius 2 is 2.05 bits per heavy atom. The van der Waals surface area contributed by atoms with E-state index in [1.54, 1.807) is 0 Å². The monoisotopic (exact) mass is 282 g/mol. The van der Waals surface area contributed by atoms with Gasteiger partial charge in [-0.2, -0.15) is 0 Å². The van der Waals surface area contributed by atoms with Crippen molar-refractivity contribution in [3.05, 3.63) is 0 Å². The van der Waals surface area contributed by atoms with E-state index in [4.69, 9.17) is 5.73 Å². The molecule has 1 saturated heterocycles. The van der Waals surface area contributed by atoms with Crippen LogP contribution in [0.3, 0.4) is 0 Å². The molecule has 1 aliphatic heterocycles. The van der Waals surface area contributed by atoms with E-state index in [2.05, 4.69) is 15.1 Å². The molecule has 1 unspecified atom stereocenters. The van der Waals surface area contributed by atoms with E-state index in [0.29, 0.717) is 6.04 Å². The molecule has 2 fully saturated rings. The van der Waals surface area contributed by atoms with E-state index >= 15 is 0 Å². The van der Waals surface area contributed by atoms with E-state index in [0.717, 1.165) is 65.0 Å². The van der Waals surface area contributed by atoms with Crippen LogP contribution in [0.1, 0.15) is 39.0 Å². The van der Waals surface area contributed by atoms with Gasteiger partial charge < -0.3 is 16.0 Å². The van der Waals surface area contributed by atoms with Gasteiger partial charge in [0.05, 0.1) is 6.04 Å². The minimum atomic E-state index is 0.0135. The van der Waals surface area contributed by atoms with Gasteiger partial charge in [-0.15, -0.1) is 0 Å². The van der Waals surface area contributed by atoms with Crippen molar-refractivity contribution in [1.82, 2.24) is 15.1 Å². The van der Waals surface area contributed by atoms with Gasteiger partial charge in [0.25, 0.3) is 0 Å². The molecule has 5 nitrogen and oxygen atoms in total. The lowest BCUT2D eigenvalue weighted by Crippen LogP contribution is -2.47. The topological polar surface area (TPSA) is 61.6 Å². The van der Waals surface area contributed by atoms with Crippen LogP contribution >= 0.6 is 0 Å². The maximum Gasteiger partial charge on any atom is 0.237 e. The van der Waals surface area contributed by atoms with Crippen LogP contribution in [0.2, 0.25) is 0 Å². The minimum Gasteiger partial charge on any atom is -0.352 e. The summed E-state index contributed by atoms with van der Waals surface area (Å²) in [6.07, 6.45) is 5.78. The number of hydrogen-bond acceptors (Lipinski definition) is 4. The lowest BCUT2D eigenvalue weighted by Gasteiger charge is -2.27. The van der Waals surface area contributed by atoms with Crippen LogP contribution in [0.5, 0.6) is 0 Å². The maximum atomic E-state index is 12.1. The molecule has 1 amide bonds. The second kappa shape index (κ2) is 7.96. The molecule has 2 aliphatic rings. The highest BCUT2D eigenvalue weighted by atomic mass is 16.2. The van der Waals surface area contributed by atoms with E-state index < -0.39 is 0 Å². The smallest absolute Gasteiger partial charge is 0.237 e. The fourth-order valence-corrected chi connectivity index (χ4v) is 2.80. The fourth-order valence-electron chi connectivity index (χ4n) is 2.80. The molecule has 0 aromatic heterocycles. The molecule has 0 spiro atoms. The largest absolute Gasteiger partial charge is 0.352 e. The first kappa shape index (κ1) is 15.7. The number of nitrogens with zero attached hydrogens (tertiary/aromatic N) is 2. The highest BCUT2D eigenvalue weighted by Crippen LogP contribution is 2.19. The summed E-state index contributed by atoms with van der Waals surface area (Å²) >= 11 is 0. The number of rotatable bonds is 7. The van der Waals surface area contributed by atoms with E-state index in [1.807, 2.05) is 6.92 Å². The Bertz CT molecular complexity index is 306. The van der Waals surface area contributed by atoms with Gasteiger partial charge in [-0.3, -0.25) is 9.69 Å². The lowest BCUT2D eigenvalue weighted by atomic mass is 10.2. The Morgan fingerprint density at radius 3 is 2.75 bits per heavy atom. The molecule has 116 valence electrons. The van der Waals surface area contributed by atoms with Gasteiger partial charge in [-0.1, -0.05) is 0 Å². The van der Waals surface area contributed by atoms with Gasteiger partial charge in [-0.25, -0.2) is 0 Å². The Balaban J connectivity index is 1.71. The normalized spacial score (nSPS) is 23.3. The molecule has 1 aliphatic carbocycles. The van der Waals surface area contributed by atoms with Gasteiger partial charge in [0.2, 0.25) is 5.91 Å². The highest BCUT2D eigenvalue weighted by Gasteiger charge is 2.29. The molecule has 0 aromatic carbocycles. The van der Waals surface area contributed by atoms with Crippen molar-refractivity contribution in [3.8, 4) is 0 Å². The summed E-state index contributed by atoms with van der Waals surface area (Å²) in [5, 5.41) is 3.12. The van der Waals surface area contributed by atoms with E-state index in [9.17, 15) is 4.79 Å². The molecular weight excluding hydrogens is 252 g/mol. The zero-order valence-corrected chi connectivity index (χ0v) is 12.8. The van der Waals surface area contributed by atoms with Crippen LogP contribution in [-0.4, -0.2) is 67.1 Å². The summed E-state index contributed by atoms with van der Waals surface area (Å²) in [5.74, 6) is 0.212.